The van der Waals surface area contributed by atoms with E-state index in [-0.39, 0.29) is 18.1 Å². The number of carbonyl (C=O) groups excluding carboxylic acids is 1. The molecule has 0 saturated heterocycles. The molecule has 0 spiro atoms. The van der Waals surface area contributed by atoms with E-state index in [1.54, 1.807) is 14.2 Å². The third-order valence-corrected chi connectivity index (χ3v) is 5.90. The molecule has 0 saturated carbocycles. The molecule has 1 aliphatic rings. The van der Waals surface area contributed by atoms with Gasteiger partial charge in [0.25, 0.3) is 0 Å². The fourth-order valence-electron chi connectivity index (χ4n) is 4.29. The van der Waals surface area contributed by atoms with Crippen molar-refractivity contribution < 1.29 is 14.3 Å². The molecule has 31 heavy (non-hydrogen) atoms. The van der Waals surface area contributed by atoms with Crippen molar-refractivity contribution in [2.45, 2.75) is 52.2 Å². The lowest BCUT2D eigenvalue weighted by Gasteiger charge is -2.41. The van der Waals surface area contributed by atoms with Gasteiger partial charge in [0, 0.05) is 25.7 Å². The fourth-order valence-corrected chi connectivity index (χ4v) is 4.29. The van der Waals surface area contributed by atoms with Gasteiger partial charge in [-0.2, -0.15) is 0 Å². The zero-order chi connectivity index (χ0) is 22.4. The number of benzene rings is 2. The predicted octanol–water partition coefficient (Wildman–Crippen LogP) is 4.21. The number of rotatable bonds is 8. The van der Waals surface area contributed by atoms with Gasteiger partial charge >= 0.3 is 6.03 Å². The van der Waals surface area contributed by atoms with Crippen LogP contribution in [0.1, 0.15) is 48.6 Å². The van der Waals surface area contributed by atoms with E-state index < -0.39 is 0 Å². The standard InChI is InChI=1S/C25H35N3O3/c1-6-12-26-25(29)27-18(3)24-21-15-23(31-5)22(30-4)14-20(21)11-13-28(24)16-19-9-7-17(2)8-10-19/h7-10,14-15,18,24H,6,11-13,16H2,1-5H3,(H2,26,27,29)/t18-,24+/m0/s1. The summed E-state index contributed by atoms with van der Waals surface area (Å²) < 4.78 is 11.1. The van der Waals surface area contributed by atoms with Crippen molar-refractivity contribution in [1.82, 2.24) is 15.5 Å². The van der Waals surface area contributed by atoms with E-state index in [2.05, 4.69) is 65.8 Å². The lowest BCUT2D eigenvalue weighted by molar-refractivity contribution is 0.143. The van der Waals surface area contributed by atoms with Gasteiger partial charge in [0.2, 0.25) is 0 Å². The lowest BCUT2D eigenvalue weighted by atomic mass is 9.87. The summed E-state index contributed by atoms with van der Waals surface area (Å²) in [5.41, 5.74) is 4.94. The fraction of sp³-hybridized carbons (Fsp3) is 0.480. The SMILES string of the molecule is CCCNC(=O)N[C@@H](C)[C@@H]1c2cc(OC)c(OC)cc2CCN1Cc1ccc(C)cc1. The van der Waals surface area contributed by atoms with Crippen molar-refractivity contribution in [3.63, 3.8) is 0 Å². The molecule has 2 N–H and O–H groups in total. The molecule has 0 bridgehead atoms. The van der Waals surface area contributed by atoms with Gasteiger partial charge in [0.1, 0.15) is 0 Å². The minimum absolute atomic E-state index is 0.0252. The van der Waals surface area contributed by atoms with Crippen LogP contribution in [0.25, 0.3) is 0 Å². The molecule has 2 atom stereocenters. The lowest BCUT2D eigenvalue weighted by Crippen LogP contribution is -2.49. The van der Waals surface area contributed by atoms with Crippen LogP contribution in [0.3, 0.4) is 0 Å². The average Bonchev–Trinajstić information content (AvgIpc) is 2.77. The molecule has 0 unspecified atom stereocenters. The number of amides is 2. The molecule has 0 fully saturated rings. The van der Waals surface area contributed by atoms with Crippen LogP contribution in [0, 0.1) is 6.92 Å². The highest BCUT2D eigenvalue weighted by atomic mass is 16.5. The number of hydrogen-bond donors (Lipinski definition) is 2. The van der Waals surface area contributed by atoms with E-state index in [4.69, 9.17) is 9.47 Å². The maximum absolute atomic E-state index is 12.4. The van der Waals surface area contributed by atoms with Gasteiger partial charge in [0.05, 0.1) is 20.3 Å². The van der Waals surface area contributed by atoms with Crippen LogP contribution in [-0.4, -0.2) is 44.3 Å². The number of fused-ring (bicyclic) bond motifs is 1. The number of urea groups is 1. The Morgan fingerprint density at radius 3 is 2.48 bits per heavy atom. The molecule has 6 heteroatoms. The quantitative estimate of drug-likeness (QED) is 0.665. The smallest absolute Gasteiger partial charge is 0.315 e. The van der Waals surface area contributed by atoms with Crippen LogP contribution in [-0.2, 0) is 13.0 Å². The number of hydrogen-bond acceptors (Lipinski definition) is 4. The molecule has 2 aromatic rings. The third kappa shape index (κ3) is 5.50. The molecule has 3 rings (SSSR count). The van der Waals surface area contributed by atoms with Gasteiger partial charge in [-0.05, 0) is 55.5 Å². The summed E-state index contributed by atoms with van der Waals surface area (Å²) in [5.74, 6) is 1.46. The highest BCUT2D eigenvalue weighted by Crippen LogP contribution is 2.40. The Labute approximate surface area is 185 Å². The molecule has 168 valence electrons. The maximum Gasteiger partial charge on any atom is 0.315 e. The summed E-state index contributed by atoms with van der Waals surface area (Å²) in [4.78, 5) is 14.9. The molecule has 6 nitrogen and oxygen atoms in total. The van der Waals surface area contributed by atoms with Crippen molar-refractivity contribution in [3.8, 4) is 11.5 Å². The molecular formula is C25H35N3O3. The molecule has 2 amide bonds. The van der Waals surface area contributed by atoms with E-state index in [0.29, 0.717) is 12.3 Å². The van der Waals surface area contributed by atoms with Crippen LogP contribution in [0.2, 0.25) is 0 Å². The van der Waals surface area contributed by atoms with Gasteiger partial charge in [0.15, 0.2) is 11.5 Å². The zero-order valence-corrected chi connectivity index (χ0v) is 19.3. The summed E-state index contributed by atoms with van der Waals surface area (Å²) in [6.07, 6.45) is 1.83. The normalized spacial score (nSPS) is 16.9. The second-order valence-electron chi connectivity index (χ2n) is 8.25. The summed E-state index contributed by atoms with van der Waals surface area (Å²) in [6, 6.07) is 12.6. The van der Waals surface area contributed by atoms with Crippen molar-refractivity contribution in [2.75, 3.05) is 27.3 Å². The van der Waals surface area contributed by atoms with Crippen LogP contribution in [0.5, 0.6) is 11.5 Å². The van der Waals surface area contributed by atoms with Crippen LogP contribution < -0.4 is 20.1 Å². The van der Waals surface area contributed by atoms with Crippen molar-refractivity contribution in [3.05, 3.63) is 58.7 Å². The second-order valence-corrected chi connectivity index (χ2v) is 8.25. The van der Waals surface area contributed by atoms with Crippen LogP contribution in [0.15, 0.2) is 36.4 Å². The summed E-state index contributed by atoms with van der Waals surface area (Å²) >= 11 is 0. The molecule has 0 aromatic heterocycles. The van der Waals surface area contributed by atoms with Gasteiger partial charge in [-0.25, -0.2) is 4.79 Å². The number of nitrogens with zero attached hydrogens (tertiary/aromatic N) is 1. The first-order valence-corrected chi connectivity index (χ1v) is 11.1. The Bertz CT molecular complexity index is 882. The number of ether oxygens (including phenoxy) is 2. The minimum atomic E-state index is -0.128. The summed E-state index contributed by atoms with van der Waals surface area (Å²) in [7, 11) is 3.32. The van der Waals surface area contributed by atoms with E-state index in [1.807, 2.05) is 6.92 Å². The van der Waals surface area contributed by atoms with E-state index in [1.165, 1.54) is 22.3 Å². The molecule has 0 aliphatic carbocycles. The minimum Gasteiger partial charge on any atom is -0.493 e. The number of carbonyl (C=O) groups is 1. The van der Waals surface area contributed by atoms with Crippen LogP contribution in [0.4, 0.5) is 4.79 Å². The van der Waals surface area contributed by atoms with Gasteiger partial charge in [-0.1, -0.05) is 36.8 Å². The maximum atomic E-state index is 12.4. The first-order valence-electron chi connectivity index (χ1n) is 11.1. The molecular weight excluding hydrogens is 390 g/mol. The molecule has 0 radical (unpaired) electrons. The highest BCUT2D eigenvalue weighted by molar-refractivity contribution is 5.74. The Hall–Kier alpha value is -2.73. The van der Waals surface area contributed by atoms with Gasteiger partial charge in [-0.15, -0.1) is 0 Å². The largest absolute Gasteiger partial charge is 0.493 e. The van der Waals surface area contributed by atoms with Crippen molar-refractivity contribution >= 4 is 6.03 Å². The Morgan fingerprint density at radius 1 is 1.16 bits per heavy atom. The predicted molar refractivity (Wildman–Crippen MR) is 124 cm³/mol. The summed E-state index contributed by atoms with van der Waals surface area (Å²) in [6.45, 7) is 8.61. The molecule has 1 aliphatic heterocycles. The van der Waals surface area contributed by atoms with Crippen molar-refractivity contribution in [1.29, 1.82) is 0 Å². The third-order valence-electron chi connectivity index (χ3n) is 5.90. The first-order chi connectivity index (χ1) is 15.0. The monoisotopic (exact) mass is 425 g/mol. The number of methoxy groups -OCH3 is 2. The van der Waals surface area contributed by atoms with Crippen LogP contribution >= 0.6 is 0 Å². The number of nitrogens with one attached hydrogen (secondary N) is 2. The van der Waals surface area contributed by atoms with Crippen molar-refractivity contribution in [2.24, 2.45) is 0 Å². The van der Waals surface area contributed by atoms with E-state index >= 15 is 0 Å². The summed E-state index contributed by atoms with van der Waals surface area (Å²) in [5, 5.41) is 6.08. The second kappa shape index (κ2) is 10.5. The highest BCUT2D eigenvalue weighted by Gasteiger charge is 2.33. The topological polar surface area (TPSA) is 62.8 Å². The van der Waals surface area contributed by atoms with Gasteiger partial charge < -0.3 is 20.1 Å². The zero-order valence-electron chi connectivity index (χ0n) is 19.3. The van der Waals surface area contributed by atoms with Gasteiger partial charge in [-0.3, -0.25) is 4.90 Å². The molecule has 1 heterocycles. The molecule has 2 aromatic carbocycles. The first kappa shape index (κ1) is 22.9. The Kier molecular flexibility index (Phi) is 7.80. The van der Waals surface area contributed by atoms with E-state index in [0.717, 1.165) is 31.7 Å². The average molecular weight is 426 g/mol. The Morgan fingerprint density at radius 2 is 1.84 bits per heavy atom. The number of aryl methyl sites for hydroxylation is 1. The van der Waals surface area contributed by atoms with E-state index in [9.17, 15) is 4.79 Å². The Balaban J connectivity index is 1.93.